The molecule has 1 N–H and O–H groups in total. The summed E-state index contributed by atoms with van der Waals surface area (Å²) in [5.41, 5.74) is 0. The van der Waals surface area contributed by atoms with E-state index in [1.165, 1.54) is 38.5 Å². The molecule has 1 aliphatic heterocycles. The maximum Gasteiger partial charge on any atom is 0.237 e. The average Bonchev–Trinajstić information content (AvgIpc) is 2.77. The third-order valence-electron chi connectivity index (χ3n) is 4.22. The van der Waals surface area contributed by atoms with Crippen molar-refractivity contribution in [3.63, 3.8) is 0 Å². The Labute approximate surface area is 111 Å². The number of likely N-dealkylation sites (tertiary alicyclic amines) is 1. The van der Waals surface area contributed by atoms with E-state index >= 15 is 0 Å². The number of rotatable bonds is 4. The van der Waals surface area contributed by atoms with Crippen LogP contribution < -0.4 is 5.32 Å². The van der Waals surface area contributed by atoms with Crippen molar-refractivity contribution in [2.75, 3.05) is 13.1 Å². The molecule has 1 saturated heterocycles. The van der Waals surface area contributed by atoms with Crippen LogP contribution in [0.3, 0.4) is 0 Å². The summed E-state index contributed by atoms with van der Waals surface area (Å²) in [5.74, 6) is 0.938. The first-order valence-corrected chi connectivity index (χ1v) is 7.71. The Balaban J connectivity index is 1.83. The maximum atomic E-state index is 12.4. The number of carbonyl (C=O) groups excluding carboxylic acids is 1. The van der Waals surface area contributed by atoms with Gasteiger partial charge in [0.25, 0.3) is 0 Å². The van der Waals surface area contributed by atoms with Gasteiger partial charge < -0.3 is 5.32 Å². The van der Waals surface area contributed by atoms with Crippen LogP contribution in [0.5, 0.6) is 0 Å². The van der Waals surface area contributed by atoms with Crippen molar-refractivity contribution >= 4 is 5.91 Å². The zero-order valence-electron chi connectivity index (χ0n) is 12.0. The summed E-state index contributed by atoms with van der Waals surface area (Å²) >= 11 is 0. The Morgan fingerprint density at radius 1 is 1.17 bits per heavy atom. The minimum Gasteiger partial charge on any atom is -0.352 e. The standard InChI is InChI=1S/C15H28N2O/c1-12(2)11-17-10-6-9-14(17)15(18)16-13-7-4-3-5-8-13/h12-14H,3-11H2,1-2H3,(H,16,18)/t14-/m1/s1. The number of hydrogen-bond donors (Lipinski definition) is 1. The molecule has 0 bridgehead atoms. The average molecular weight is 252 g/mol. The van der Waals surface area contributed by atoms with Gasteiger partial charge in [0.15, 0.2) is 0 Å². The van der Waals surface area contributed by atoms with Gasteiger partial charge in [-0.15, -0.1) is 0 Å². The minimum atomic E-state index is 0.148. The van der Waals surface area contributed by atoms with Crippen LogP contribution in [0.15, 0.2) is 0 Å². The van der Waals surface area contributed by atoms with Gasteiger partial charge in [-0.2, -0.15) is 0 Å². The van der Waals surface area contributed by atoms with E-state index in [0.717, 1.165) is 19.5 Å². The third-order valence-corrected chi connectivity index (χ3v) is 4.22. The summed E-state index contributed by atoms with van der Waals surface area (Å²) < 4.78 is 0. The van der Waals surface area contributed by atoms with Crippen LogP contribution in [0.4, 0.5) is 0 Å². The van der Waals surface area contributed by atoms with Gasteiger partial charge in [-0.05, 0) is 38.1 Å². The summed E-state index contributed by atoms with van der Waals surface area (Å²) in [4.78, 5) is 14.7. The second kappa shape index (κ2) is 6.55. The molecule has 1 aliphatic carbocycles. The van der Waals surface area contributed by atoms with Crippen molar-refractivity contribution in [3.05, 3.63) is 0 Å². The number of carbonyl (C=O) groups is 1. The van der Waals surface area contributed by atoms with Gasteiger partial charge in [0.05, 0.1) is 6.04 Å². The highest BCUT2D eigenvalue weighted by Gasteiger charge is 2.31. The van der Waals surface area contributed by atoms with Gasteiger partial charge >= 0.3 is 0 Å². The van der Waals surface area contributed by atoms with E-state index in [9.17, 15) is 4.79 Å². The summed E-state index contributed by atoms with van der Waals surface area (Å²) in [7, 11) is 0. The Hall–Kier alpha value is -0.570. The predicted octanol–water partition coefficient (Wildman–Crippen LogP) is 2.56. The van der Waals surface area contributed by atoms with Crippen molar-refractivity contribution in [3.8, 4) is 0 Å². The van der Waals surface area contributed by atoms with E-state index in [-0.39, 0.29) is 6.04 Å². The summed E-state index contributed by atoms with van der Waals surface area (Å²) in [6, 6.07) is 0.599. The van der Waals surface area contributed by atoms with Gasteiger partial charge in [0, 0.05) is 12.6 Å². The lowest BCUT2D eigenvalue weighted by molar-refractivity contribution is -0.126. The highest BCUT2D eigenvalue weighted by Crippen LogP contribution is 2.21. The monoisotopic (exact) mass is 252 g/mol. The SMILES string of the molecule is CC(C)CN1CCC[C@@H]1C(=O)NC1CCCCC1. The van der Waals surface area contributed by atoms with Crippen molar-refractivity contribution in [1.29, 1.82) is 0 Å². The molecule has 0 aromatic heterocycles. The van der Waals surface area contributed by atoms with Crippen molar-refractivity contribution < 1.29 is 4.79 Å². The van der Waals surface area contributed by atoms with E-state index in [4.69, 9.17) is 0 Å². The second-order valence-corrected chi connectivity index (χ2v) is 6.39. The van der Waals surface area contributed by atoms with E-state index < -0.39 is 0 Å². The normalized spacial score (nSPS) is 26.7. The lowest BCUT2D eigenvalue weighted by atomic mass is 9.95. The van der Waals surface area contributed by atoms with E-state index in [1.54, 1.807) is 0 Å². The van der Waals surface area contributed by atoms with Crippen LogP contribution in [0.25, 0.3) is 0 Å². The third kappa shape index (κ3) is 3.71. The zero-order valence-corrected chi connectivity index (χ0v) is 12.0. The molecule has 1 atom stereocenters. The molecule has 1 saturated carbocycles. The summed E-state index contributed by atoms with van der Waals surface area (Å²) in [6.45, 7) is 6.62. The topological polar surface area (TPSA) is 32.3 Å². The fraction of sp³-hybridized carbons (Fsp3) is 0.933. The maximum absolute atomic E-state index is 12.4. The lowest BCUT2D eigenvalue weighted by Gasteiger charge is -2.29. The van der Waals surface area contributed by atoms with Crippen LogP contribution in [0.1, 0.15) is 58.8 Å². The largest absolute Gasteiger partial charge is 0.352 e. The number of nitrogens with zero attached hydrogens (tertiary/aromatic N) is 1. The molecule has 0 aromatic rings. The second-order valence-electron chi connectivity index (χ2n) is 6.39. The predicted molar refractivity (Wildman–Crippen MR) is 74.4 cm³/mol. The molecule has 0 spiro atoms. The minimum absolute atomic E-state index is 0.148. The van der Waals surface area contributed by atoms with Crippen LogP contribution in [-0.4, -0.2) is 36.0 Å². The van der Waals surface area contributed by atoms with Crippen LogP contribution in [0, 0.1) is 5.92 Å². The number of hydrogen-bond acceptors (Lipinski definition) is 2. The van der Waals surface area contributed by atoms with Crippen LogP contribution in [0.2, 0.25) is 0 Å². The Morgan fingerprint density at radius 2 is 1.89 bits per heavy atom. The molecule has 104 valence electrons. The van der Waals surface area contributed by atoms with Crippen molar-refractivity contribution in [2.45, 2.75) is 70.9 Å². The quantitative estimate of drug-likeness (QED) is 0.834. The highest BCUT2D eigenvalue weighted by atomic mass is 16.2. The Morgan fingerprint density at radius 3 is 2.56 bits per heavy atom. The first-order valence-electron chi connectivity index (χ1n) is 7.71. The van der Waals surface area contributed by atoms with E-state index in [1.807, 2.05) is 0 Å². The first kappa shape index (κ1) is 13.9. The van der Waals surface area contributed by atoms with Gasteiger partial charge in [-0.3, -0.25) is 9.69 Å². The molecule has 0 aromatic carbocycles. The smallest absolute Gasteiger partial charge is 0.237 e. The van der Waals surface area contributed by atoms with Gasteiger partial charge in [-0.1, -0.05) is 33.1 Å². The molecule has 3 heteroatoms. The summed E-state index contributed by atoms with van der Waals surface area (Å²) in [5, 5.41) is 3.28. The molecule has 1 heterocycles. The fourth-order valence-electron chi connectivity index (χ4n) is 3.35. The molecule has 0 unspecified atom stereocenters. The van der Waals surface area contributed by atoms with Crippen molar-refractivity contribution in [1.82, 2.24) is 10.2 Å². The number of nitrogens with one attached hydrogen (secondary N) is 1. The zero-order chi connectivity index (χ0) is 13.0. The molecule has 2 aliphatic rings. The molecular weight excluding hydrogens is 224 g/mol. The van der Waals surface area contributed by atoms with Crippen LogP contribution in [-0.2, 0) is 4.79 Å². The van der Waals surface area contributed by atoms with E-state index in [2.05, 4.69) is 24.1 Å². The first-order chi connectivity index (χ1) is 8.66. The van der Waals surface area contributed by atoms with Crippen LogP contribution >= 0.6 is 0 Å². The molecular formula is C15H28N2O. The molecule has 3 nitrogen and oxygen atoms in total. The lowest BCUT2D eigenvalue weighted by Crippen LogP contribution is -2.48. The van der Waals surface area contributed by atoms with E-state index in [0.29, 0.717) is 17.9 Å². The van der Waals surface area contributed by atoms with Gasteiger partial charge in [-0.25, -0.2) is 0 Å². The van der Waals surface area contributed by atoms with Crippen molar-refractivity contribution in [2.24, 2.45) is 5.92 Å². The molecule has 18 heavy (non-hydrogen) atoms. The Bertz CT molecular complexity index is 272. The Kier molecular flexibility index (Phi) is 5.04. The molecule has 2 fully saturated rings. The summed E-state index contributed by atoms with van der Waals surface area (Å²) in [6.07, 6.45) is 8.50. The highest BCUT2D eigenvalue weighted by molar-refractivity contribution is 5.82. The molecule has 0 radical (unpaired) electrons. The fourth-order valence-corrected chi connectivity index (χ4v) is 3.35. The van der Waals surface area contributed by atoms with Gasteiger partial charge in [0.2, 0.25) is 5.91 Å². The van der Waals surface area contributed by atoms with Gasteiger partial charge in [0.1, 0.15) is 0 Å². The molecule has 2 rings (SSSR count). The molecule has 1 amide bonds. The number of amides is 1.